The van der Waals surface area contributed by atoms with Crippen molar-refractivity contribution < 1.29 is 4.79 Å². The van der Waals surface area contributed by atoms with Gasteiger partial charge in [-0.1, -0.05) is 33.0 Å². The number of carbonyl (C=O) groups is 1. The molecule has 0 N–H and O–H groups in total. The molecule has 0 unspecified atom stereocenters. The van der Waals surface area contributed by atoms with Crippen LogP contribution in [0.2, 0.25) is 0 Å². The number of rotatable bonds is 0. The first-order valence-corrected chi connectivity index (χ1v) is 4.91. The first-order chi connectivity index (χ1) is 5.41. The van der Waals surface area contributed by atoms with Gasteiger partial charge in [-0.05, 0) is 18.3 Å². The van der Waals surface area contributed by atoms with Crippen LogP contribution in [0.25, 0.3) is 0 Å². The van der Waals surface area contributed by atoms with Crippen molar-refractivity contribution in [3.63, 3.8) is 0 Å². The molecule has 2 bridgehead atoms. The number of carbonyl (C=O) groups excluding carboxylic acids is 1. The number of fused-ring (bicyclic) bond motifs is 2. The number of ketones is 1. The zero-order valence-electron chi connectivity index (χ0n) is 7.81. The van der Waals surface area contributed by atoms with E-state index in [1.165, 1.54) is 0 Å². The first-order valence-electron chi connectivity index (χ1n) is 4.50. The van der Waals surface area contributed by atoms with Crippen molar-refractivity contribution in [1.82, 2.24) is 0 Å². The van der Waals surface area contributed by atoms with Crippen molar-refractivity contribution in [1.29, 1.82) is 0 Å². The lowest BCUT2D eigenvalue weighted by atomic mass is 9.70. The summed E-state index contributed by atoms with van der Waals surface area (Å²) in [5.41, 5.74) is -0.0318. The van der Waals surface area contributed by atoms with Crippen LogP contribution >= 0.6 is 12.2 Å². The summed E-state index contributed by atoms with van der Waals surface area (Å²) in [5, 5.41) is 0. The zero-order valence-corrected chi connectivity index (χ0v) is 8.62. The fourth-order valence-corrected chi connectivity index (χ4v) is 3.43. The van der Waals surface area contributed by atoms with E-state index >= 15 is 0 Å². The molecule has 2 aliphatic rings. The van der Waals surface area contributed by atoms with Crippen LogP contribution in [0, 0.1) is 16.7 Å². The van der Waals surface area contributed by atoms with E-state index in [1.54, 1.807) is 0 Å². The topological polar surface area (TPSA) is 17.1 Å². The van der Waals surface area contributed by atoms with Crippen molar-refractivity contribution in [2.45, 2.75) is 33.6 Å². The summed E-state index contributed by atoms with van der Waals surface area (Å²) in [6.07, 6.45) is 2.15. The van der Waals surface area contributed by atoms with E-state index in [4.69, 9.17) is 12.2 Å². The van der Waals surface area contributed by atoms with Gasteiger partial charge < -0.3 is 0 Å². The minimum Gasteiger partial charge on any atom is -0.293 e. The molecule has 12 heavy (non-hydrogen) atoms. The molecule has 2 rings (SSSR count). The summed E-state index contributed by atoms with van der Waals surface area (Å²) < 4.78 is 0. The Kier molecular flexibility index (Phi) is 1.38. The van der Waals surface area contributed by atoms with Crippen LogP contribution in [0.5, 0.6) is 0 Å². The molecule has 0 spiro atoms. The first kappa shape index (κ1) is 8.36. The molecule has 0 aromatic carbocycles. The Balaban J connectivity index is 2.58. The minimum absolute atomic E-state index is 0.112. The van der Waals surface area contributed by atoms with Gasteiger partial charge in [-0.25, -0.2) is 0 Å². The largest absolute Gasteiger partial charge is 0.293 e. The Hall–Kier alpha value is -0.240. The second-order valence-electron chi connectivity index (χ2n) is 4.84. The van der Waals surface area contributed by atoms with E-state index in [0.29, 0.717) is 10.8 Å². The smallest absolute Gasteiger partial charge is 0.176 e. The fraction of sp³-hybridized carbons (Fsp3) is 0.800. The lowest BCUT2D eigenvalue weighted by Crippen LogP contribution is -2.33. The molecule has 0 heterocycles. The SMILES string of the molecule is CC1(C)[C@@H]2CC[C@@]1(C)C(=O)C2=S. The molecule has 2 aliphatic carbocycles. The molecular weight excluding hydrogens is 168 g/mol. The second kappa shape index (κ2) is 1.98. The van der Waals surface area contributed by atoms with E-state index in [0.717, 1.165) is 12.8 Å². The van der Waals surface area contributed by atoms with Gasteiger partial charge in [0.1, 0.15) is 0 Å². The Morgan fingerprint density at radius 2 is 2.00 bits per heavy atom. The average Bonchev–Trinajstić information content (AvgIpc) is 2.26. The highest BCUT2D eigenvalue weighted by atomic mass is 32.1. The zero-order chi connectivity index (χ0) is 9.15. The van der Waals surface area contributed by atoms with Crippen LogP contribution in [0.15, 0.2) is 0 Å². The molecule has 0 saturated heterocycles. The average molecular weight is 182 g/mol. The van der Waals surface area contributed by atoms with Crippen molar-refractivity contribution in [2.75, 3.05) is 0 Å². The van der Waals surface area contributed by atoms with Crippen LogP contribution in [0.3, 0.4) is 0 Å². The highest BCUT2D eigenvalue weighted by Crippen LogP contribution is 2.62. The van der Waals surface area contributed by atoms with E-state index in [9.17, 15) is 4.79 Å². The van der Waals surface area contributed by atoms with Gasteiger partial charge in [0.2, 0.25) is 0 Å². The number of Topliss-reactive ketones (excluding diaryl/α,β-unsaturated/α-hetero) is 1. The number of hydrogen-bond acceptors (Lipinski definition) is 2. The molecule has 0 amide bonds. The standard InChI is InChI=1S/C10H14OS/c1-9(2)6-4-5-10(9,3)8(11)7(6)12/h6H,4-5H2,1-3H3/t6-,10+/m1/s1. The maximum atomic E-state index is 11.8. The third-order valence-electron chi connectivity index (χ3n) is 4.27. The van der Waals surface area contributed by atoms with E-state index in [1.807, 2.05) is 0 Å². The Morgan fingerprint density at radius 3 is 2.25 bits per heavy atom. The maximum absolute atomic E-state index is 11.8. The van der Waals surface area contributed by atoms with E-state index in [-0.39, 0.29) is 16.6 Å². The summed E-state index contributed by atoms with van der Waals surface area (Å²) in [6, 6.07) is 0. The maximum Gasteiger partial charge on any atom is 0.176 e. The summed E-state index contributed by atoms with van der Waals surface area (Å²) in [4.78, 5) is 12.5. The fourth-order valence-electron chi connectivity index (χ4n) is 2.80. The van der Waals surface area contributed by atoms with Gasteiger partial charge in [-0.15, -0.1) is 0 Å². The highest BCUT2D eigenvalue weighted by molar-refractivity contribution is 7.82. The minimum atomic E-state index is -0.144. The third kappa shape index (κ3) is 0.620. The number of hydrogen-bond donors (Lipinski definition) is 0. The predicted molar refractivity (Wildman–Crippen MR) is 52.2 cm³/mol. The second-order valence-corrected chi connectivity index (χ2v) is 5.28. The van der Waals surface area contributed by atoms with Crippen LogP contribution in [-0.4, -0.2) is 10.6 Å². The summed E-state index contributed by atoms with van der Waals surface area (Å²) in [5.74, 6) is 0.628. The molecule has 0 aliphatic heterocycles. The van der Waals surface area contributed by atoms with Crippen LogP contribution in [-0.2, 0) is 4.79 Å². The summed E-state index contributed by atoms with van der Waals surface area (Å²) >= 11 is 5.16. The predicted octanol–water partition coefficient (Wildman–Crippen LogP) is 2.38. The normalized spacial score (nSPS) is 44.1. The third-order valence-corrected chi connectivity index (χ3v) is 4.74. The van der Waals surface area contributed by atoms with Gasteiger partial charge >= 0.3 is 0 Å². The monoisotopic (exact) mass is 182 g/mol. The Labute approximate surface area is 78.5 Å². The molecule has 66 valence electrons. The summed E-state index contributed by atoms with van der Waals surface area (Å²) in [7, 11) is 0. The summed E-state index contributed by atoms with van der Waals surface area (Å²) in [6.45, 7) is 6.44. The van der Waals surface area contributed by atoms with Crippen LogP contribution < -0.4 is 0 Å². The molecule has 0 aromatic heterocycles. The molecule has 2 saturated carbocycles. The van der Waals surface area contributed by atoms with Gasteiger partial charge in [0.25, 0.3) is 0 Å². The molecule has 2 fully saturated rings. The molecule has 0 aromatic rings. The van der Waals surface area contributed by atoms with Gasteiger partial charge in [-0.2, -0.15) is 0 Å². The van der Waals surface area contributed by atoms with Gasteiger partial charge in [0.05, 0.1) is 4.86 Å². The van der Waals surface area contributed by atoms with Gasteiger partial charge in [-0.3, -0.25) is 4.79 Å². The van der Waals surface area contributed by atoms with E-state index < -0.39 is 0 Å². The van der Waals surface area contributed by atoms with Gasteiger partial charge in [0.15, 0.2) is 5.78 Å². The molecule has 2 heteroatoms. The van der Waals surface area contributed by atoms with Gasteiger partial charge in [0, 0.05) is 11.3 Å². The quantitative estimate of drug-likeness (QED) is 0.535. The van der Waals surface area contributed by atoms with Crippen molar-refractivity contribution in [2.24, 2.45) is 16.7 Å². The molecule has 1 nitrogen and oxygen atoms in total. The van der Waals surface area contributed by atoms with E-state index in [2.05, 4.69) is 20.8 Å². The van der Waals surface area contributed by atoms with Crippen molar-refractivity contribution in [3.05, 3.63) is 0 Å². The lowest BCUT2D eigenvalue weighted by molar-refractivity contribution is -0.123. The van der Waals surface area contributed by atoms with Crippen LogP contribution in [0.1, 0.15) is 33.6 Å². The molecule has 0 radical (unpaired) electrons. The molecular formula is C10H14OS. The highest BCUT2D eigenvalue weighted by Gasteiger charge is 2.64. The van der Waals surface area contributed by atoms with Crippen LogP contribution in [0.4, 0.5) is 0 Å². The Morgan fingerprint density at radius 1 is 1.42 bits per heavy atom. The van der Waals surface area contributed by atoms with Crippen molar-refractivity contribution >= 4 is 22.9 Å². The Bertz CT molecular complexity index is 280. The van der Waals surface area contributed by atoms with Crippen molar-refractivity contribution in [3.8, 4) is 0 Å². The number of thiocarbonyl (C=S) groups is 1. The molecule has 2 atom stereocenters. The lowest BCUT2D eigenvalue weighted by Gasteiger charge is -2.31.